The van der Waals surface area contributed by atoms with Crippen LogP contribution in [-0.4, -0.2) is 21.9 Å². The lowest BCUT2D eigenvalue weighted by molar-refractivity contribution is 0.412. The molecule has 0 aliphatic rings. The zero-order chi connectivity index (χ0) is 13.1. The van der Waals surface area contributed by atoms with Crippen molar-refractivity contribution in [1.82, 2.24) is 14.8 Å². The Balaban J connectivity index is 2.16. The lowest BCUT2D eigenvalue weighted by Crippen LogP contribution is -2.16. The molecule has 0 radical (unpaired) electrons. The Bertz CT molecular complexity index is 541. The molecule has 2 aromatic rings. The Hall–Kier alpha value is -1.40. The van der Waals surface area contributed by atoms with Crippen molar-refractivity contribution in [3.8, 4) is 5.75 Å². The van der Waals surface area contributed by atoms with Crippen LogP contribution >= 0.6 is 15.9 Å². The van der Waals surface area contributed by atoms with Crippen molar-refractivity contribution in [3.05, 3.63) is 40.4 Å². The number of nitrogens with two attached hydrogens (primary N) is 1. The van der Waals surface area contributed by atoms with Crippen LogP contribution in [0.1, 0.15) is 17.4 Å². The normalized spacial score (nSPS) is 12.4. The summed E-state index contributed by atoms with van der Waals surface area (Å²) in [6.45, 7) is 0. The summed E-state index contributed by atoms with van der Waals surface area (Å²) in [6.07, 6.45) is 2.18. The monoisotopic (exact) mass is 310 g/mol. The zero-order valence-corrected chi connectivity index (χ0v) is 11.9. The van der Waals surface area contributed by atoms with Gasteiger partial charge in [0.15, 0.2) is 0 Å². The van der Waals surface area contributed by atoms with E-state index in [2.05, 4.69) is 26.0 Å². The summed E-state index contributed by atoms with van der Waals surface area (Å²) in [6, 6.07) is 5.72. The molecule has 0 aliphatic heterocycles. The summed E-state index contributed by atoms with van der Waals surface area (Å²) in [4.78, 5) is 4.17. The van der Waals surface area contributed by atoms with E-state index < -0.39 is 0 Å². The van der Waals surface area contributed by atoms with Gasteiger partial charge in [-0.25, -0.2) is 4.98 Å². The minimum Gasteiger partial charge on any atom is -0.496 e. The molecule has 0 aliphatic carbocycles. The van der Waals surface area contributed by atoms with E-state index in [4.69, 9.17) is 10.5 Å². The lowest BCUT2D eigenvalue weighted by Gasteiger charge is -2.13. The maximum absolute atomic E-state index is 6.17. The number of halogens is 1. The molecule has 0 spiro atoms. The van der Waals surface area contributed by atoms with Crippen LogP contribution in [0.5, 0.6) is 5.75 Å². The summed E-state index contributed by atoms with van der Waals surface area (Å²) in [7, 11) is 3.50. The van der Waals surface area contributed by atoms with E-state index in [1.54, 1.807) is 11.8 Å². The Morgan fingerprint density at radius 2 is 2.28 bits per heavy atom. The van der Waals surface area contributed by atoms with Gasteiger partial charge in [0.2, 0.25) is 0 Å². The van der Waals surface area contributed by atoms with E-state index in [-0.39, 0.29) is 6.04 Å². The molecule has 2 N–H and O–H groups in total. The summed E-state index contributed by atoms with van der Waals surface area (Å²) in [5.74, 6) is 1.67. The Morgan fingerprint density at radius 1 is 1.50 bits per heavy atom. The number of nitrogens with zero attached hydrogens (tertiary/aromatic N) is 3. The van der Waals surface area contributed by atoms with Gasteiger partial charge in [-0.1, -0.05) is 6.07 Å². The van der Waals surface area contributed by atoms with Crippen LogP contribution < -0.4 is 10.5 Å². The number of aromatic nitrogens is 3. The maximum Gasteiger partial charge on any atom is 0.138 e. The van der Waals surface area contributed by atoms with Crippen molar-refractivity contribution in [2.75, 3.05) is 7.11 Å². The van der Waals surface area contributed by atoms with Crippen molar-refractivity contribution in [1.29, 1.82) is 0 Å². The zero-order valence-electron chi connectivity index (χ0n) is 10.3. The fourth-order valence-corrected chi connectivity index (χ4v) is 2.29. The van der Waals surface area contributed by atoms with Gasteiger partial charge in [0, 0.05) is 19.5 Å². The highest BCUT2D eigenvalue weighted by molar-refractivity contribution is 9.10. The van der Waals surface area contributed by atoms with Crippen molar-refractivity contribution in [3.63, 3.8) is 0 Å². The number of rotatable bonds is 4. The molecule has 1 aromatic heterocycles. The number of ether oxygens (including phenoxy) is 1. The molecule has 0 fully saturated rings. The Morgan fingerprint density at radius 3 is 2.83 bits per heavy atom. The molecule has 1 aromatic carbocycles. The van der Waals surface area contributed by atoms with Gasteiger partial charge in [0.25, 0.3) is 0 Å². The average molecular weight is 311 g/mol. The van der Waals surface area contributed by atoms with Crippen LogP contribution in [0.2, 0.25) is 0 Å². The SMILES string of the molecule is COc1ccc(C(N)Cc2ncnn2C)cc1Br. The number of aryl methyl sites for hydroxylation is 1. The van der Waals surface area contributed by atoms with E-state index >= 15 is 0 Å². The minimum atomic E-state index is -0.116. The van der Waals surface area contributed by atoms with E-state index in [1.165, 1.54) is 6.33 Å². The average Bonchev–Trinajstić information content (AvgIpc) is 2.75. The second-order valence-electron chi connectivity index (χ2n) is 4.00. The van der Waals surface area contributed by atoms with Gasteiger partial charge in [-0.05, 0) is 33.6 Å². The quantitative estimate of drug-likeness (QED) is 0.935. The highest BCUT2D eigenvalue weighted by Crippen LogP contribution is 2.28. The summed E-state index contributed by atoms with van der Waals surface area (Å²) >= 11 is 3.45. The first-order chi connectivity index (χ1) is 8.61. The molecule has 0 amide bonds. The number of methoxy groups -OCH3 is 1. The van der Waals surface area contributed by atoms with Gasteiger partial charge in [0.1, 0.15) is 17.9 Å². The van der Waals surface area contributed by atoms with E-state index in [1.807, 2.05) is 25.2 Å². The molecule has 1 heterocycles. The second kappa shape index (κ2) is 5.49. The van der Waals surface area contributed by atoms with E-state index in [0.717, 1.165) is 21.6 Å². The molecule has 0 saturated carbocycles. The highest BCUT2D eigenvalue weighted by Gasteiger charge is 2.12. The van der Waals surface area contributed by atoms with Crippen LogP contribution in [0.4, 0.5) is 0 Å². The van der Waals surface area contributed by atoms with Gasteiger partial charge >= 0.3 is 0 Å². The summed E-state index contributed by atoms with van der Waals surface area (Å²) < 4.78 is 7.82. The standard InChI is InChI=1S/C12H15BrN4O/c1-17-12(15-7-16-17)6-10(14)8-3-4-11(18-2)9(13)5-8/h3-5,7,10H,6,14H2,1-2H3. The molecule has 2 rings (SSSR count). The molecule has 0 saturated heterocycles. The largest absolute Gasteiger partial charge is 0.496 e. The van der Waals surface area contributed by atoms with Crippen molar-refractivity contribution < 1.29 is 4.74 Å². The second-order valence-corrected chi connectivity index (χ2v) is 4.86. The van der Waals surface area contributed by atoms with Crippen LogP contribution in [0.15, 0.2) is 29.0 Å². The van der Waals surface area contributed by atoms with Gasteiger partial charge in [-0.15, -0.1) is 0 Å². The van der Waals surface area contributed by atoms with Crippen molar-refractivity contribution in [2.24, 2.45) is 12.8 Å². The van der Waals surface area contributed by atoms with E-state index in [0.29, 0.717) is 6.42 Å². The predicted octanol–water partition coefficient (Wildman–Crippen LogP) is 1.83. The van der Waals surface area contributed by atoms with Gasteiger partial charge in [0.05, 0.1) is 11.6 Å². The summed E-state index contributed by atoms with van der Waals surface area (Å²) in [5.41, 5.74) is 7.21. The molecule has 5 nitrogen and oxygen atoms in total. The molecule has 1 atom stereocenters. The van der Waals surface area contributed by atoms with Gasteiger partial charge in [-0.3, -0.25) is 4.68 Å². The van der Waals surface area contributed by atoms with Crippen molar-refractivity contribution >= 4 is 15.9 Å². The first-order valence-corrected chi connectivity index (χ1v) is 6.33. The van der Waals surface area contributed by atoms with Gasteiger partial charge < -0.3 is 10.5 Å². The number of benzene rings is 1. The highest BCUT2D eigenvalue weighted by atomic mass is 79.9. The predicted molar refractivity (Wildman–Crippen MR) is 72.3 cm³/mol. The maximum atomic E-state index is 6.17. The molecule has 96 valence electrons. The molecular weight excluding hydrogens is 296 g/mol. The lowest BCUT2D eigenvalue weighted by atomic mass is 10.0. The van der Waals surface area contributed by atoms with Crippen LogP contribution in [0.25, 0.3) is 0 Å². The number of hydrogen-bond donors (Lipinski definition) is 1. The van der Waals surface area contributed by atoms with Crippen molar-refractivity contribution in [2.45, 2.75) is 12.5 Å². The third-order valence-corrected chi connectivity index (χ3v) is 3.43. The molecular formula is C12H15BrN4O. The smallest absolute Gasteiger partial charge is 0.138 e. The third-order valence-electron chi connectivity index (χ3n) is 2.81. The first kappa shape index (κ1) is 13.0. The summed E-state index contributed by atoms with van der Waals surface area (Å²) in [5, 5.41) is 4.03. The van der Waals surface area contributed by atoms with Crippen LogP contribution in [0, 0.1) is 0 Å². The Kier molecular flexibility index (Phi) is 3.98. The molecule has 6 heteroatoms. The fourth-order valence-electron chi connectivity index (χ4n) is 1.73. The minimum absolute atomic E-state index is 0.116. The molecule has 1 unspecified atom stereocenters. The van der Waals surface area contributed by atoms with Crippen LogP contribution in [-0.2, 0) is 13.5 Å². The fraction of sp³-hybridized carbons (Fsp3) is 0.333. The molecule has 0 bridgehead atoms. The Labute approximate surface area is 114 Å². The van der Waals surface area contributed by atoms with E-state index in [9.17, 15) is 0 Å². The van der Waals surface area contributed by atoms with Gasteiger partial charge in [-0.2, -0.15) is 5.10 Å². The van der Waals surface area contributed by atoms with Crippen LogP contribution in [0.3, 0.4) is 0 Å². The molecule has 18 heavy (non-hydrogen) atoms. The number of hydrogen-bond acceptors (Lipinski definition) is 4. The topological polar surface area (TPSA) is 66.0 Å². The first-order valence-electron chi connectivity index (χ1n) is 5.53. The third kappa shape index (κ3) is 2.70.